The summed E-state index contributed by atoms with van der Waals surface area (Å²) >= 11 is 1.44. The van der Waals surface area contributed by atoms with Crippen LogP contribution in [0.4, 0.5) is 5.13 Å². The van der Waals surface area contributed by atoms with E-state index in [0.717, 1.165) is 24.5 Å². The summed E-state index contributed by atoms with van der Waals surface area (Å²) in [4.78, 5) is 21.0. The first kappa shape index (κ1) is 16.1. The number of carbonyl (C=O) groups is 1. The van der Waals surface area contributed by atoms with Crippen LogP contribution in [0, 0.1) is 11.8 Å². The number of hydrogen-bond acceptors (Lipinski definition) is 5. The Hall–Kier alpha value is -1.79. The monoisotopic (exact) mass is 330 g/mol. The summed E-state index contributed by atoms with van der Waals surface area (Å²) in [7, 11) is 0. The second-order valence-electron chi connectivity index (χ2n) is 6.09. The highest BCUT2D eigenvalue weighted by Crippen LogP contribution is 2.25. The highest BCUT2D eigenvalue weighted by atomic mass is 32.1. The molecular weight excluding hydrogens is 308 g/mol. The van der Waals surface area contributed by atoms with Crippen LogP contribution in [-0.2, 0) is 4.79 Å². The summed E-state index contributed by atoms with van der Waals surface area (Å²) in [6.07, 6.45) is 4.71. The first-order valence-electron chi connectivity index (χ1n) is 8.10. The third-order valence-electron chi connectivity index (χ3n) is 4.32. The molecule has 5 nitrogen and oxygen atoms in total. The van der Waals surface area contributed by atoms with Crippen LogP contribution in [0.1, 0.15) is 26.2 Å². The molecule has 6 heteroatoms. The van der Waals surface area contributed by atoms with E-state index in [9.17, 15) is 4.79 Å². The van der Waals surface area contributed by atoms with Gasteiger partial charge in [-0.05, 0) is 49.9 Å². The number of thiazole rings is 1. The SMILES string of the molecule is CC(CC(=O)Nc1nc(-c2ccccn2)cs1)C1CCCNC1. The highest BCUT2D eigenvalue weighted by Gasteiger charge is 2.22. The number of nitrogens with one attached hydrogen (secondary N) is 2. The van der Waals surface area contributed by atoms with Gasteiger partial charge in [0.25, 0.3) is 0 Å². The van der Waals surface area contributed by atoms with E-state index < -0.39 is 0 Å². The third kappa shape index (κ3) is 4.36. The molecule has 2 atom stereocenters. The van der Waals surface area contributed by atoms with Crippen molar-refractivity contribution in [2.45, 2.75) is 26.2 Å². The van der Waals surface area contributed by atoms with Gasteiger partial charge in [-0.25, -0.2) is 4.98 Å². The second-order valence-corrected chi connectivity index (χ2v) is 6.95. The summed E-state index contributed by atoms with van der Waals surface area (Å²) in [6.45, 7) is 4.29. The first-order valence-corrected chi connectivity index (χ1v) is 8.98. The summed E-state index contributed by atoms with van der Waals surface area (Å²) in [6, 6.07) is 5.72. The Balaban J connectivity index is 1.55. The molecule has 3 heterocycles. The van der Waals surface area contributed by atoms with Crippen LogP contribution in [0.3, 0.4) is 0 Å². The molecular formula is C17H22N4OS. The second kappa shape index (κ2) is 7.66. The van der Waals surface area contributed by atoms with Crippen molar-refractivity contribution in [1.29, 1.82) is 0 Å². The van der Waals surface area contributed by atoms with Gasteiger partial charge >= 0.3 is 0 Å². The number of amides is 1. The van der Waals surface area contributed by atoms with Crippen molar-refractivity contribution >= 4 is 22.4 Å². The summed E-state index contributed by atoms with van der Waals surface area (Å²) in [5.41, 5.74) is 1.63. The average Bonchev–Trinajstić information content (AvgIpc) is 3.04. The molecule has 0 aromatic carbocycles. The van der Waals surface area contributed by atoms with Crippen molar-refractivity contribution in [3.05, 3.63) is 29.8 Å². The Morgan fingerprint density at radius 3 is 3.13 bits per heavy atom. The van der Waals surface area contributed by atoms with Gasteiger partial charge in [0, 0.05) is 18.0 Å². The van der Waals surface area contributed by atoms with Crippen LogP contribution in [0.25, 0.3) is 11.4 Å². The predicted molar refractivity (Wildman–Crippen MR) is 93.3 cm³/mol. The number of pyridine rings is 1. The van der Waals surface area contributed by atoms with E-state index in [2.05, 4.69) is 27.5 Å². The minimum Gasteiger partial charge on any atom is -0.316 e. The number of nitrogens with zero attached hydrogens (tertiary/aromatic N) is 2. The molecule has 0 saturated carbocycles. The van der Waals surface area contributed by atoms with Crippen molar-refractivity contribution in [3.63, 3.8) is 0 Å². The van der Waals surface area contributed by atoms with Gasteiger partial charge in [-0.3, -0.25) is 9.78 Å². The van der Waals surface area contributed by atoms with Gasteiger partial charge in [0.05, 0.1) is 5.69 Å². The molecule has 1 amide bonds. The van der Waals surface area contributed by atoms with Crippen LogP contribution in [0.15, 0.2) is 29.8 Å². The van der Waals surface area contributed by atoms with Gasteiger partial charge < -0.3 is 10.6 Å². The van der Waals surface area contributed by atoms with Gasteiger partial charge in [-0.2, -0.15) is 0 Å². The lowest BCUT2D eigenvalue weighted by Gasteiger charge is -2.27. The number of aromatic nitrogens is 2. The van der Waals surface area contributed by atoms with Crippen molar-refractivity contribution in [3.8, 4) is 11.4 Å². The quantitative estimate of drug-likeness (QED) is 0.884. The van der Waals surface area contributed by atoms with Gasteiger partial charge in [-0.1, -0.05) is 13.0 Å². The van der Waals surface area contributed by atoms with E-state index in [4.69, 9.17) is 0 Å². The fourth-order valence-electron chi connectivity index (χ4n) is 2.96. The molecule has 2 aromatic heterocycles. The first-order chi connectivity index (χ1) is 11.2. The average molecular weight is 330 g/mol. The zero-order chi connectivity index (χ0) is 16.1. The Bertz CT molecular complexity index is 637. The van der Waals surface area contributed by atoms with Crippen molar-refractivity contribution < 1.29 is 4.79 Å². The molecule has 1 fully saturated rings. The van der Waals surface area contributed by atoms with E-state index in [-0.39, 0.29) is 5.91 Å². The van der Waals surface area contributed by atoms with Crippen LogP contribution >= 0.6 is 11.3 Å². The largest absolute Gasteiger partial charge is 0.316 e. The Morgan fingerprint density at radius 2 is 2.39 bits per heavy atom. The topological polar surface area (TPSA) is 66.9 Å². The molecule has 0 spiro atoms. The number of carbonyl (C=O) groups excluding carboxylic acids is 1. The van der Waals surface area contributed by atoms with Crippen LogP contribution in [-0.4, -0.2) is 29.0 Å². The third-order valence-corrected chi connectivity index (χ3v) is 5.08. The maximum absolute atomic E-state index is 12.2. The van der Waals surface area contributed by atoms with Crippen molar-refractivity contribution in [2.24, 2.45) is 11.8 Å². The Kier molecular flexibility index (Phi) is 5.35. The van der Waals surface area contributed by atoms with Gasteiger partial charge in [-0.15, -0.1) is 11.3 Å². The van der Waals surface area contributed by atoms with E-state index in [1.54, 1.807) is 6.20 Å². The molecule has 1 aliphatic heterocycles. The Labute approximate surface area is 140 Å². The van der Waals surface area contributed by atoms with E-state index >= 15 is 0 Å². The normalized spacial score (nSPS) is 19.3. The predicted octanol–water partition coefficient (Wildman–Crippen LogP) is 3.17. The minimum atomic E-state index is 0.0463. The standard InChI is InChI=1S/C17H22N4OS/c1-12(13-5-4-7-18-10-13)9-16(22)21-17-20-15(11-23-17)14-6-2-3-8-19-14/h2-3,6,8,11-13,18H,4-5,7,9-10H2,1H3,(H,20,21,22). The lowest BCUT2D eigenvalue weighted by atomic mass is 9.85. The number of rotatable bonds is 5. The maximum Gasteiger partial charge on any atom is 0.226 e. The molecule has 3 rings (SSSR count). The summed E-state index contributed by atoms with van der Waals surface area (Å²) < 4.78 is 0. The van der Waals surface area contributed by atoms with Crippen molar-refractivity contribution in [1.82, 2.24) is 15.3 Å². The number of hydrogen-bond donors (Lipinski definition) is 2. The van der Waals surface area contributed by atoms with Gasteiger partial charge in [0.1, 0.15) is 5.69 Å². The molecule has 0 radical (unpaired) electrons. The lowest BCUT2D eigenvalue weighted by Crippen LogP contribution is -2.34. The molecule has 1 aliphatic rings. The molecule has 2 aromatic rings. The molecule has 0 bridgehead atoms. The lowest BCUT2D eigenvalue weighted by molar-refractivity contribution is -0.117. The highest BCUT2D eigenvalue weighted by molar-refractivity contribution is 7.14. The van der Waals surface area contributed by atoms with Crippen molar-refractivity contribution in [2.75, 3.05) is 18.4 Å². The fourth-order valence-corrected chi connectivity index (χ4v) is 3.68. The maximum atomic E-state index is 12.2. The molecule has 23 heavy (non-hydrogen) atoms. The van der Waals surface area contributed by atoms with E-state index in [1.807, 2.05) is 23.6 Å². The zero-order valence-electron chi connectivity index (χ0n) is 13.3. The van der Waals surface area contributed by atoms with Gasteiger partial charge in [0.15, 0.2) is 5.13 Å². The molecule has 2 N–H and O–H groups in total. The van der Waals surface area contributed by atoms with Crippen LogP contribution in [0.5, 0.6) is 0 Å². The molecule has 122 valence electrons. The molecule has 0 aliphatic carbocycles. The number of piperidine rings is 1. The van der Waals surface area contributed by atoms with Crippen LogP contribution < -0.4 is 10.6 Å². The van der Waals surface area contributed by atoms with Gasteiger partial charge in [0.2, 0.25) is 5.91 Å². The fraction of sp³-hybridized carbons (Fsp3) is 0.471. The smallest absolute Gasteiger partial charge is 0.226 e. The van der Waals surface area contributed by atoms with E-state index in [1.165, 1.54) is 24.2 Å². The summed E-state index contributed by atoms with van der Waals surface area (Å²) in [5, 5.41) is 8.90. The Morgan fingerprint density at radius 1 is 1.48 bits per heavy atom. The molecule has 1 saturated heterocycles. The zero-order valence-corrected chi connectivity index (χ0v) is 14.1. The summed E-state index contributed by atoms with van der Waals surface area (Å²) in [5.74, 6) is 1.03. The minimum absolute atomic E-state index is 0.0463. The number of anilines is 1. The van der Waals surface area contributed by atoms with E-state index in [0.29, 0.717) is 23.4 Å². The molecule has 2 unspecified atom stereocenters. The van der Waals surface area contributed by atoms with Crippen LogP contribution in [0.2, 0.25) is 0 Å².